The van der Waals surface area contributed by atoms with Crippen molar-refractivity contribution in [2.45, 2.75) is 12.8 Å². The second kappa shape index (κ2) is 14.6. The molecule has 0 saturated carbocycles. The highest BCUT2D eigenvalue weighted by Crippen LogP contribution is 2.40. The summed E-state index contributed by atoms with van der Waals surface area (Å²) in [6.45, 7) is 0. The Bertz CT molecular complexity index is 3810. The highest BCUT2D eigenvalue weighted by atomic mass is 15.0. The van der Waals surface area contributed by atoms with Crippen LogP contribution in [0.1, 0.15) is 12.8 Å². The van der Waals surface area contributed by atoms with Gasteiger partial charge in [0.1, 0.15) is 0 Å². The zero-order valence-corrected chi connectivity index (χ0v) is 35.0. The first kappa shape index (κ1) is 36.3. The molecule has 0 radical (unpaired) electrons. The van der Waals surface area contributed by atoms with Crippen molar-refractivity contribution in [3.63, 3.8) is 0 Å². The first-order chi connectivity index (χ1) is 31.7. The molecule has 3 heterocycles. The van der Waals surface area contributed by atoms with E-state index in [1.165, 1.54) is 60.2 Å². The number of hydrogen-bond acceptors (Lipinski definition) is 2. The molecule has 64 heavy (non-hydrogen) atoms. The van der Waals surface area contributed by atoms with E-state index in [0.717, 1.165) is 68.4 Å². The third-order valence-electron chi connectivity index (χ3n) is 13.2. The molecule has 0 fully saturated rings. The SMILES string of the molecule is C1=CCCC(n2c3ccccc3c3cc(-c4ccc5c6ccccc6n(-c6cccc(-c7nc(-c8cccc9ccccc89)cc(-c8cccc9ccccc89)n7)c6)c5c4)ccc32)=C1. The number of allylic oxidation sites excluding steroid dienone is 4. The Kier molecular flexibility index (Phi) is 8.31. The van der Waals surface area contributed by atoms with Gasteiger partial charge in [-0.1, -0.05) is 164 Å². The second-order valence-corrected chi connectivity index (χ2v) is 16.9. The van der Waals surface area contributed by atoms with E-state index in [1.54, 1.807) is 0 Å². The molecule has 0 amide bonds. The lowest BCUT2D eigenvalue weighted by Gasteiger charge is -2.14. The lowest BCUT2D eigenvalue weighted by Crippen LogP contribution is -1.99. The summed E-state index contributed by atoms with van der Waals surface area (Å²) in [6, 6.07) is 72.4. The zero-order valence-electron chi connectivity index (χ0n) is 35.0. The van der Waals surface area contributed by atoms with Crippen LogP contribution in [0.2, 0.25) is 0 Å². The fourth-order valence-electron chi connectivity index (χ4n) is 10.2. The van der Waals surface area contributed by atoms with Gasteiger partial charge in [0.05, 0.1) is 33.5 Å². The highest BCUT2D eigenvalue weighted by Gasteiger charge is 2.19. The molecule has 1 aliphatic carbocycles. The predicted molar refractivity (Wildman–Crippen MR) is 269 cm³/mol. The molecule has 300 valence electrons. The number of nitrogens with zero attached hydrogens (tertiary/aromatic N) is 4. The van der Waals surface area contributed by atoms with Gasteiger partial charge in [0.25, 0.3) is 0 Å². The van der Waals surface area contributed by atoms with Crippen LogP contribution < -0.4 is 0 Å². The molecule has 0 saturated heterocycles. The summed E-state index contributed by atoms with van der Waals surface area (Å²) < 4.78 is 4.86. The van der Waals surface area contributed by atoms with Crippen molar-refractivity contribution in [1.29, 1.82) is 0 Å². The third kappa shape index (κ3) is 5.84. The van der Waals surface area contributed by atoms with Gasteiger partial charge in [-0.25, -0.2) is 9.97 Å². The van der Waals surface area contributed by atoms with E-state index < -0.39 is 0 Å². The molecule has 0 bridgehead atoms. The summed E-state index contributed by atoms with van der Waals surface area (Å²) in [6.07, 6.45) is 8.80. The molecule has 9 aromatic carbocycles. The van der Waals surface area contributed by atoms with Crippen LogP contribution in [0, 0.1) is 0 Å². The minimum atomic E-state index is 0.684. The summed E-state index contributed by atoms with van der Waals surface area (Å²) in [5, 5.41) is 9.67. The van der Waals surface area contributed by atoms with Crippen molar-refractivity contribution < 1.29 is 0 Å². The van der Waals surface area contributed by atoms with Crippen molar-refractivity contribution in [3.8, 4) is 50.7 Å². The quantitative estimate of drug-likeness (QED) is 0.168. The number of fused-ring (bicyclic) bond motifs is 8. The molecular formula is C60H40N4. The number of para-hydroxylation sites is 2. The number of aromatic nitrogens is 4. The minimum absolute atomic E-state index is 0.684. The maximum Gasteiger partial charge on any atom is 0.160 e. The van der Waals surface area contributed by atoms with Crippen LogP contribution in [0.15, 0.2) is 218 Å². The molecule has 3 aromatic heterocycles. The number of hydrogen-bond donors (Lipinski definition) is 0. The van der Waals surface area contributed by atoms with Crippen molar-refractivity contribution >= 4 is 70.9 Å². The van der Waals surface area contributed by atoms with Gasteiger partial charge >= 0.3 is 0 Å². The largest absolute Gasteiger partial charge is 0.313 e. The average molecular weight is 817 g/mol. The normalized spacial score (nSPS) is 12.9. The van der Waals surface area contributed by atoms with E-state index in [4.69, 9.17) is 9.97 Å². The van der Waals surface area contributed by atoms with Gasteiger partial charge in [-0.05, 0) is 100 Å². The van der Waals surface area contributed by atoms with Gasteiger partial charge in [-0.2, -0.15) is 0 Å². The van der Waals surface area contributed by atoms with Crippen molar-refractivity contribution in [3.05, 3.63) is 218 Å². The van der Waals surface area contributed by atoms with Gasteiger partial charge in [0.15, 0.2) is 5.82 Å². The molecule has 0 N–H and O–H groups in total. The van der Waals surface area contributed by atoms with E-state index in [1.807, 2.05) is 0 Å². The Morgan fingerprint density at radius 1 is 0.375 bits per heavy atom. The molecule has 0 atom stereocenters. The Morgan fingerprint density at radius 3 is 1.64 bits per heavy atom. The number of rotatable bonds is 6. The van der Waals surface area contributed by atoms with E-state index in [9.17, 15) is 0 Å². The summed E-state index contributed by atoms with van der Waals surface area (Å²) in [5.74, 6) is 0.684. The van der Waals surface area contributed by atoms with Crippen LogP contribution in [-0.4, -0.2) is 19.1 Å². The summed E-state index contributed by atoms with van der Waals surface area (Å²) in [7, 11) is 0. The second-order valence-electron chi connectivity index (χ2n) is 16.9. The molecule has 4 nitrogen and oxygen atoms in total. The maximum atomic E-state index is 5.38. The Labute approximate surface area is 370 Å². The van der Waals surface area contributed by atoms with Crippen LogP contribution in [0.25, 0.3) is 122 Å². The fraction of sp³-hybridized carbons (Fsp3) is 0.0333. The fourth-order valence-corrected chi connectivity index (χ4v) is 10.2. The first-order valence-electron chi connectivity index (χ1n) is 22.1. The molecule has 12 aromatic rings. The van der Waals surface area contributed by atoms with E-state index in [0.29, 0.717) is 5.82 Å². The van der Waals surface area contributed by atoms with Gasteiger partial charge in [0.2, 0.25) is 0 Å². The molecule has 13 rings (SSSR count). The van der Waals surface area contributed by atoms with E-state index in [2.05, 4.69) is 228 Å². The minimum Gasteiger partial charge on any atom is -0.313 e. The molecule has 1 aliphatic rings. The van der Waals surface area contributed by atoms with Crippen LogP contribution in [-0.2, 0) is 0 Å². The predicted octanol–water partition coefficient (Wildman–Crippen LogP) is 15.8. The molecular weight excluding hydrogens is 777 g/mol. The smallest absolute Gasteiger partial charge is 0.160 e. The van der Waals surface area contributed by atoms with Gasteiger partial charge in [-0.15, -0.1) is 0 Å². The Morgan fingerprint density at radius 2 is 0.938 bits per heavy atom. The third-order valence-corrected chi connectivity index (χ3v) is 13.2. The maximum absolute atomic E-state index is 5.38. The van der Waals surface area contributed by atoms with Crippen LogP contribution in [0.4, 0.5) is 0 Å². The highest BCUT2D eigenvalue weighted by molar-refractivity contribution is 6.13. The summed E-state index contributed by atoms with van der Waals surface area (Å²) in [5.41, 5.74) is 14.5. The van der Waals surface area contributed by atoms with E-state index in [-0.39, 0.29) is 0 Å². The monoisotopic (exact) mass is 816 g/mol. The lowest BCUT2D eigenvalue weighted by atomic mass is 9.98. The Balaban J connectivity index is 0.985. The molecule has 0 aliphatic heterocycles. The standard InChI is InChI=1S/C60H40N4/c1-2-20-44(21-3-1)63-57-30-11-9-26-51(57)53-36-41(32-34-58(53)63)42-31-33-52-50-25-8-10-29-56(50)64(59(52)37-42)45-22-12-19-43(35-45)60-61-54(48-27-13-17-39-15-4-6-23-46(39)48)38-55(62-60)49-28-14-18-40-16-5-7-24-47(40)49/h1-2,4-20,22-38H,3,21H2. The lowest BCUT2D eigenvalue weighted by molar-refractivity contribution is 0.979. The Hall–Kier alpha value is -8.34. The zero-order chi connectivity index (χ0) is 42.1. The van der Waals surface area contributed by atoms with Crippen molar-refractivity contribution in [2.24, 2.45) is 0 Å². The summed E-state index contributed by atoms with van der Waals surface area (Å²) >= 11 is 0. The summed E-state index contributed by atoms with van der Waals surface area (Å²) in [4.78, 5) is 10.8. The molecule has 0 unspecified atom stereocenters. The number of benzene rings is 9. The topological polar surface area (TPSA) is 35.6 Å². The van der Waals surface area contributed by atoms with Crippen LogP contribution in [0.5, 0.6) is 0 Å². The first-order valence-corrected chi connectivity index (χ1v) is 22.1. The van der Waals surface area contributed by atoms with Gasteiger partial charge < -0.3 is 9.13 Å². The van der Waals surface area contributed by atoms with Crippen molar-refractivity contribution in [1.82, 2.24) is 19.1 Å². The molecule has 0 spiro atoms. The molecule has 4 heteroatoms. The van der Waals surface area contributed by atoms with Crippen molar-refractivity contribution in [2.75, 3.05) is 0 Å². The van der Waals surface area contributed by atoms with Crippen LogP contribution in [0.3, 0.4) is 0 Å². The van der Waals surface area contributed by atoms with Gasteiger partial charge in [-0.3, -0.25) is 0 Å². The average Bonchev–Trinajstić information content (AvgIpc) is 3.88. The van der Waals surface area contributed by atoms with E-state index >= 15 is 0 Å². The van der Waals surface area contributed by atoms with Gasteiger partial charge in [0, 0.05) is 49.6 Å². The van der Waals surface area contributed by atoms with Crippen LogP contribution >= 0.6 is 0 Å².